The normalized spacial score (nSPS) is 12.2. The van der Waals surface area contributed by atoms with Crippen LogP contribution in [0.4, 0.5) is 11.4 Å². The van der Waals surface area contributed by atoms with Gasteiger partial charge in [0.25, 0.3) is 0 Å². The summed E-state index contributed by atoms with van der Waals surface area (Å²) in [6, 6.07) is 70.6. The molecule has 0 aliphatic carbocycles. The second-order valence-corrected chi connectivity index (χ2v) is 17.3. The third kappa shape index (κ3) is 6.84. The van der Waals surface area contributed by atoms with Crippen molar-refractivity contribution in [2.24, 2.45) is 0 Å². The largest absolute Gasteiger partial charge is 0.527 e. The van der Waals surface area contributed by atoms with Crippen molar-refractivity contribution in [3.8, 4) is 39.6 Å². The predicted molar refractivity (Wildman–Crippen MR) is 261 cm³/mol. The number of benzene rings is 8. The maximum atomic E-state index is 6.83. The molecule has 65 heavy (non-hydrogen) atoms. The Morgan fingerprint density at radius 2 is 1.20 bits per heavy atom. The van der Waals surface area contributed by atoms with Crippen molar-refractivity contribution in [2.45, 2.75) is 26.2 Å². The van der Waals surface area contributed by atoms with Crippen molar-refractivity contribution >= 4 is 66.2 Å². The summed E-state index contributed by atoms with van der Waals surface area (Å²) < 4.78 is 18.0. The summed E-state index contributed by atoms with van der Waals surface area (Å²) >= 11 is 0. The van der Waals surface area contributed by atoms with Crippen LogP contribution < -0.4 is 9.64 Å². The monoisotopic (exact) mass is 1020 g/mol. The van der Waals surface area contributed by atoms with Gasteiger partial charge in [0.1, 0.15) is 11.4 Å². The Morgan fingerprint density at radius 1 is 0.569 bits per heavy atom. The van der Waals surface area contributed by atoms with Gasteiger partial charge in [-0.3, -0.25) is 0 Å². The van der Waals surface area contributed by atoms with E-state index >= 15 is 0 Å². The van der Waals surface area contributed by atoms with Crippen LogP contribution in [-0.4, -0.2) is 14.1 Å². The van der Waals surface area contributed by atoms with E-state index in [4.69, 9.17) is 14.1 Å². The molecule has 0 saturated heterocycles. The maximum Gasteiger partial charge on any atom is 0.135 e. The molecular weight excluding hydrogens is 980 g/mol. The first-order valence-corrected chi connectivity index (χ1v) is 21.6. The fourth-order valence-electron chi connectivity index (χ4n) is 9.25. The first-order valence-electron chi connectivity index (χ1n) is 21.6. The number of aromatic nitrogens is 3. The van der Waals surface area contributed by atoms with Crippen LogP contribution in [0.3, 0.4) is 0 Å². The van der Waals surface area contributed by atoms with Gasteiger partial charge < -0.3 is 23.2 Å². The molecule has 7 heteroatoms. The zero-order valence-electron chi connectivity index (χ0n) is 35.9. The van der Waals surface area contributed by atoms with Gasteiger partial charge in [0.05, 0.1) is 5.69 Å². The summed E-state index contributed by atoms with van der Waals surface area (Å²) in [6.45, 7) is 8.84. The Balaban J connectivity index is 0.00000469. The van der Waals surface area contributed by atoms with Crippen molar-refractivity contribution in [1.29, 1.82) is 0 Å². The van der Waals surface area contributed by atoms with E-state index in [0.29, 0.717) is 17.1 Å². The second kappa shape index (κ2) is 15.9. The number of anilines is 2. The average molecular weight is 1020 g/mol. The van der Waals surface area contributed by atoms with E-state index in [1.165, 1.54) is 5.56 Å². The fourth-order valence-corrected chi connectivity index (χ4v) is 9.25. The van der Waals surface area contributed by atoms with Gasteiger partial charge in [0.2, 0.25) is 0 Å². The smallest absolute Gasteiger partial charge is 0.135 e. The Kier molecular flexibility index (Phi) is 9.86. The van der Waals surface area contributed by atoms with E-state index in [2.05, 4.69) is 205 Å². The van der Waals surface area contributed by atoms with Gasteiger partial charge >= 0.3 is 0 Å². The molecule has 0 saturated carbocycles. The predicted octanol–water partition coefficient (Wildman–Crippen LogP) is 15.3. The standard InChI is InChI=1S/C58H41N4O2.Pt/c1-58(2,3)40-32-33-59-55(34-40)62-49-25-12-10-20-45(49)46-30-28-41(35-51(46)62)63-42-29-31-54-52(36-42)61-37-60(50-26-15-24-48(57(50)61)47-21-11-13-27-53(47)64-54)56-43(38-16-6-4-7-17-38)22-14-23-44(56)39-18-8-5-9-19-39;/h4-34,37H,1-3H3;/q-3;. The number of pyridine rings is 1. The molecule has 318 valence electrons. The van der Waals surface area contributed by atoms with Gasteiger partial charge in [-0.05, 0) is 81.0 Å². The van der Waals surface area contributed by atoms with Crippen LogP contribution in [0.25, 0.3) is 82.8 Å². The molecular formula is C58H41N4O2Pt-3. The van der Waals surface area contributed by atoms with Crippen LogP contribution in [0.5, 0.6) is 11.5 Å². The van der Waals surface area contributed by atoms with Crippen LogP contribution in [0, 0.1) is 18.8 Å². The topological polar surface area (TPSA) is 48.4 Å². The molecule has 3 aromatic heterocycles. The van der Waals surface area contributed by atoms with Crippen molar-refractivity contribution in [3.05, 3.63) is 213 Å². The third-order valence-corrected chi connectivity index (χ3v) is 12.3. The molecule has 0 bridgehead atoms. The van der Waals surface area contributed by atoms with Crippen LogP contribution >= 0.6 is 0 Å². The number of rotatable bonds is 6. The first kappa shape index (κ1) is 40.3. The van der Waals surface area contributed by atoms with E-state index in [9.17, 15) is 0 Å². The molecule has 0 spiro atoms. The van der Waals surface area contributed by atoms with Crippen molar-refractivity contribution in [2.75, 3.05) is 4.90 Å². The zero-order valence-corrected chi connectivity index (χ0v) is 38.2. The van der Waals surface area contributed by atoms with E-state index in [1.807, 2.05) is 36.5 Å². The molecule has 0 amide bonds. The van der Waals surface area contributed by atoms with Gasteiger partial charge in [0.15, 0.2) is 0 Å². The number of para-hydroxylation sites is 4. The van der Waals surface area contributed by atoms with Crippen molar-refractivity contribution in [3.63, 3.8) is 0 Å². The zero-order chi connectivity index (χ0) is 42.9. The molecule has 8 aromatic carbocycles. The molecule has 0 radical (unpaired) electrons. The van der Waals surface area contributed by atoms with Gasteiger partial charge in [-0.1, -0.05) is 154 Å². The minimum Gasteiger partial charge on any atom is -0.527 e. The Bertz CT molecular complexity index is 3620. The molecule has 0 fully saturated rings. The fraction of sp³-hybridized carbons (Fsp3) is 0.0690. The average Bonchev–Trinajstić information content (AvgIpc) is 3.88. The summed E-state index contributed by atoms with van der Waals surface area (Å²) in [4.78, 5) is 7.20. The first-order chi connectivity index (χ1) is 31.4. The molecule has 1 aliphatic rings. The van der Waals surface area contributed by atoms with Gasteiger partial charge in [-0.15, -0.1) is 35.2 Å². The summed E-state index contributed by atoms with van der Waals surface area (Å²) in [5, 5.41) is 4.25. The minimum atomic E-state index is -0.0407. The molecule has 0 unspecified atom stereocenters. The number of ether oxygens (including phenoxy) is 1. The molecule has 0 atom stereocenters. The number of fused-ring (bicyclic) bond motifs is 7. The maximum absolute atomic E-state index is 6.83. The van der Waals surface area contributed by atoms with E-state index in [1.54, 1.807) is 0 Å². The van der Waals surface area contributed by atoms with Crippen molar-refractivity contribution in [1.82, 2.24) is 14.1 Å². The van der Waals surface area contributed by atoms with Crippen LogP contribution in [-0.2, 0) is 26.5 Å². The SMILES string of the molecule is CC(C)(C)c1ccnc(-n2c3[c-]c(Oc4[c-]c5c(cc4)oc4ccccc4c4cccc6c4n5[CH-]N6c4c(-c5ccccc5)cccc4-c4ccccc4)ccc3c3ccccc32)c1.[Pt]. The Morgan fingerprint density at radius 3 is 1.94 bits per heavy atom. The number of hydrogen-bond donors (Lipinski definition) is 0. The number of hydrogen-bond acceptors (Lipinski definition) is 4. The summed E-state index contributed by atoms with van der Waals surface area (Å²) in [5.41, 5.74) is 12.9. The van der Waals surface area contributed by atoms with Gasteiger partial charge in [-0.2, -0.15) is 12.1 Å². The van der Waals surface area contributed by atoms with Crippen LogP contribution in [0.2, 0.25) is 0 Å². The minimum absolute atomic E-state index is 0. The molecule has 1 aliphatic heterocycles. The van der Waals surface area contributed by atoms with Crippen molar-refractivity contribution < 1.29 is 30.2 Å². The summed E-state index contributed by atoms with van der Waals surface area (Å²) in [5.74, 6) is 1.93. The van der Waals surface area contributed by atoms with E-state index < -0.39 is 0 Å². The molecule has 6 nitrogen and oxygen atoms in total. The van der Waals surface area contributed by atoms with Gasteiger partial charge in [0, 0.05) is 66.5 Å². The molecule has 12 rings (SSSR count). The quantitative estimate of drug-likeness (QED) is 0.156. The number of nitrogens with zero attached hydrogens (tertiary/aromatic N) is 4. The molecule has 11 aromatic rings. The Hall–Kier alpha value is -7.53. The molecule has 4 heterocycles. The third-order valence-electron chi connectivity index (χ3n) is 12.3. The summed E-state index contributed by atoms with van der Waals surface area (Å²) in [6.07, 6.45) is 1.90. The van der Waals surface area contributed by atoms with E-state index in [0.717, 1.165) is 88.6 Å². The second-order valence-electron chi connectivity index (χ2n) is 17.3. The van der Waals surface area contributed by atoms with E-state index in [-0.39, 0.29) is 26.5 Å². The molecule has 0 N–H and O–H groups in total. The summed E-state index contributed by atoms with van der Waals surface area (Å²) in [7, 11) is 0. The Labute approximate surface area is 391 Å². The van der Waals surface area contributed by atoms with Gasteiger partial charge in [-0.25, -0.2) is 4.98 Å². The van der Waals surface area contributed by atoms with Crippen LogP contribution in [0.15, 0.2) is 193 Å². The van der Waals surface area contributed by atoms with Crippen LogP contribution in [0.1, 0.15) is 26.3 Å².